The minimum absolute atomic E-state index is 0.124. The van der Waals surface area contributed by atoms with Crippen molar-refractivity contribution in [1.82, 2.24) is 5.32 Å². The molecular weight excluding hydrogens is 334 g/mol. The number of nitrogens with one attached hydrogen (secondary N) is 1. The van der Waals surface area contributed by atoms with E-state index in [1.165, 1.54) is 19.3 Å². The van der Waals surface area contributed by atoms with Crippen LogP contribution in [0.3, 0.4) is 0 Å². The van der Waals surface area contributed by atoms with E-state index in [1.54, 1.807) is 0 Å². The van der Waals surface area contributed by atoms with Gasteiger partial charge >= 0.3 is 0 Å². The second-order valence-corrected chi connectivity index (χ2v) is 13.0. The lowest BCUT2D eigenvalue weighted by atomic mass is 9.79. The maximum absolute atomic E-state index is 10.2. The number of aliphatic hydroxyl groups excluding tert-OH is 1. The van der Waals surface area contributed by atoms with Gasteiger partial charge in [0, 0.05) is 16.0 Å². The lowest BCUT2D eigenvalue weighted by Crippen LogP contribution is -2.38. The van der Waals surface area contributed by atoms with E-state index in [1.807, 2.05) is 21.6 Å². The molecule has 0 aliphatic heterocycles. The van der Waals surface area contributed by atoms with E-state index in [-0.39, 0.29) is 11.0 Å². The van der Waals surface area contributed by atoms with Crippen LogP contribution in [0.15, 0.2) is 0 Å². The Kier molecular flexibility index (Phi) is 11.0. The predicted molar refractivity (Wildman–Crippen MR) is 115 cm³/mol. The number of hydrogen-bond donors (Lipinski definition) is 2. The lowest BCUT2D eigenvalue weighted by Gasteiger charge is -2.30. The molecule has 146 valence electrons. The number of unbranched alkanes of at least 4 members (excludes halogenated alkanes) is 1. The average molecular weight is 378 g/mol. The van der Waals surface area contributed by atoms with Gasteiger partial charge in [0.05, 0.1) is 0 Å². The fourth-order valence-corrected chi connectivity index (χ4v) is 4.60. The highest BCUT2D eigenvalue weighted by molar-refractivity contribution is 8.77. The summed E-state index contributed by atoms with van der Waals surface area (Å²) in [4.78, 5) is 0. The molecule has 2 N–H and O–H groups in total. The van der Waals surface area contributed by atoms with Gasteiger partial charge in [0.2, 0.25) is 0 Å². The first-order valence-electron chi connectivity index (χ1n) is 9.57. The summed E-state index contributed by atoms with van der Waals surface area (Å²) in [5.41, 5.74) is 0.391. The molecular formula is C20H43NOS2. The van der Waals surface area contributed by atoms with Gasteiger partial charge in [0.25, 0.3) is 0 Å². The van der Waals surface area contributed by atoms with Gasteiger partial charge in [0.1, 0.15) is 6.23 Å². The predicted octanol–water partition coefficient (Wildman–Crippen LogP) is 6.49. The zero-order valence-electron chi connectivity index (χ0n) is 17.7. The van der Waals surface area contributed by atoms with Crippen LogP contribution in [0.4, 0.5) is 0 Å². The van der Waals surface area contributed by atoms with Gasteiger partial charge in [-0.2, -0.15) is 0 Å². The Morgan fingerprint density at radius 3 is 1.88 bits per heavy atom. The molecule has 0 aromatic rings. The molecule has 0 radical (unpaired) electrons. The van der Waals surface area contributed by atoms with Gasteiger partial charge in [0.15, 0.2) is 0 Å². The van der Waals surface area contributed by atoms with Gasteiger partial charge in [-0.1, -0.05) is 69.0 Å². The van der Waals surface area contributed by atoms with Crippen molar-refractivity contribution in [1.29, 1.82) is 0 Å². The van der Waals surface area contributed by atoms with E-state index in [9.17, 15) is 5.11 Å². The zero-order chi connectivity index (χ0) is 19.0. The molecule has 0 aromatic heterocycles. The Morgan fingerprint density at radius 1 is 0.875 bits per heavy atom. The first-order chi connectivity index (χ1) is 10.8. The van der Waals surface area contributed by atoms with Crippen molar-refractivity contribution in [3.63, 3.8) is 0 Å². The second kappa shape index (κ2) is 10.7. The maximum atomic E-state index is 10.2. The number of rotatable bonds is 12. The molecule has 0 spiro atoms. The molecule has 2 atom stereocenters. The highest BCUT2D eigenvalue weighted by Gasteiger charge is 2.25. The number of aliphatic hydroxyl groups is 1. The number of hydrogen-bond acceptors (Lipinski definition) is 4. The first kappa shape index (κ1) is 24.6. The van der Waals surface area contributed by atoms with Gasteiger partial charge in [-0.05, 0) is 58.3 Å². The fourth-order valence-electron chi connectivity index (χ4n) is 2.00. The van der Waals surface area contributed by atoms with Crippen molar-refractivity contribution >= 4 is 21.6 Å². The third kappa shape index (κ3) is 12.1. The molecule has 0 aliphatic carbocycles. The lowest BCUT2D eigenvalue weighted by molar-refractivity contribution is 0.120. The maximum Gasteiger partial charge on any atom is 0.104 e. The summed E-state index contributed by atoms with van der Waals surface area (Å²) in [7, 11) is 3.89. The zero-order valence-corrected chi connectivity index (χ0v) is 19.3. The molecule has 0 saturated heterocycles. The van der Waals surface area contributed by atoms with Crippen molar-refractivity contribution < 1.29 is 5.11 Å². The van der Waals surface area contributed by atoms with Crippen molar-refractivity contribution in [2.24, 2.45) is 11.3 Å². The molecule has 2 nitrogen and oxygen atoms in total. The summed E-state index contributed by atoms with van der Waals surface area (Å²) in [6.07, 6.45) is 5.20. The van der Waals surface area contributed by atoms with Crippen LogP contribution in [-0.4, -0.2) is 27.4 Å². The van der Waals surface area contributed by atoms with Crippen LogP contribution in [0.2, 0.25) is 0 Å². The summed E-state index contributed by atoms with van der Waals surface area (Å²) in [6.45, 7) is 21.4. The van der Waals surface area contributed by atoms with E-state index in [0.29, 0.717) is 10.2 Å². The molecule has 0 rings (SSSR count). The van der Waals surface area contributed by atoms with Gasteiger partial charge < -0.3 is 5.11 Å². The van der Waals surface area contributed by atoms with Crippen molar-refractivity contribution in [3.8, 4) is 0 Å². The summed E-state index contributed by atoms with van der Waals surface area (Å²) < 4.78 is 0.434. The van der Waals surface area contributed by atoms with E-state index in [0.717, 1.165) is 25.3 Å². The Labute approximate surface area is 160 Å². The summed E-state index contributed by atoms with van der Waals surface area (Å²) in [5.74, 6) is 0.733. The normalized spacial score (nSPS) is 16.2. The van der Waals surface area contributed by atoms with Crippen LogP contribution in [0.25, 0.3) is 0 Å². The average Bonchev–Trinajstić information content (AvgIpc) is 2.47. The van der Waals surface area contributed by atoms with Crippen molar-refractivity contribution in [2.75, 3.05) is 6.54 Å². The van der Waals surface area contributed by atoms with Gasteiger partial charge in [-0.15, -0.1) is 0 Å². The van der Waals surface area contributed by atoms with Crippen LogP contribution < -0.4 is 5.32 Å². The van der Waals surface area contributed by atoms with Crippen LogP contribution in [0, 0.1) is 11.3 Å². The Balaban J connectivity index is 3.94. The highest BCUT2D eigenvalue weighted by atomic mass is 33.1. The molecule has 1 unspecified atom stereocenters. The molecule has 4 heteroatoms. The summed E-state index contributed by atoms with van der Waals surface area (Å²) in [5, 5.41) is 13.5. The monoisotopic (exact) mass is 377 g/mol. The summed E-state index contributed by atoms with van der Waals surface area (Å²) in [6, 6.07) is 0. The fraction of sp³-hybridized carbons (Fsp3) is 1.00. The van der Waals surface area contributed by atoms with E-state index < -0.39 is 0 Å². The smallest absolute Gasteiger partial charge is 0.104 e. The summed E-state index contributed by atoms with van der Waals surface area (Å²) >= 11 is 0. The topological polar surface area (TPSA) is 32.3 Å². The molecule has 0 fully saturated rings. The minimum Gasteiger partial charge on any atom is -0.379 e. The van der Waals surface area contributed by atoms with Crippen LogP contribution >= 0.6 is 21.6 Å². The van der Waals surface area contributed by atoms with Crippen LogP contribution in [0.5, 0.6) is 0 Å². The highest BCUT2D eigenvalue weighted by Crippen LogP contribution is 2.44. The first-order valence-corrected chi connectivity index (χ1v) is 11.7. The molecule has 0 heterocycles. The van der Waals surface area contributed by atoms with E-state index >= 15 is 0 Å². The minimum atomic E-state index is -0.376. The standard InChI is InChI=1S/C20H43NOS2/c1-10-19(6,7)23-24-20(8,9)15-21-17(22)14-12-11-13-16(2)18(3,4)5/h16-17,21-22H,10-15H2,1-9H3/t16-,17?/m0/s1. The quantitative estimate of drug-likeness (QED) is 0.231. The molecule has 0 saturated carbocycles. The third-order valence-electron chi connectivity index (χ3n) is 4.95. The molecule has 0 aromatic carbocycles. The molecule has 0 aliphatic rings. The van der Waals surface area contributed by atoms with E-state index in [2.05, 4.69) is 67.6 Å². The van der Waals surface area contributed by atoms with Gasteiger partial charge in [-0.25, -0.2) is 0 Å². The largest absolute Gasteiger partial charge is 0.379 e. The Morgan fingerprint density at radius 2 is 1.38 bits per heavy atom. The second-order valence-electron chi connectivity index (χ2n) is 9.49. The van der Waals surface area contributed by atoms with Crippen molar-refractivity contribution in [2.45, 2.75) is 110 Å². The third-order valence-corrected chi connectivity index (χ3v) is 9.33. The SMILES string of the molecule is CCC(C)(C)SSC(C)(C)CNC(O)CCCC[C@H](C)C(C)(C)C. The Bertz CT molecular complexity index is 337. The Hall–Kier alpha value is 0.620. The van der Waals surface area contributed by atoms with Gasteiger partial charge in [-0.3, -0.25) is 5.32 Å². The molecule has 0 amide bonds. The van der Waals surface area contributed by atoms with Crippen LogP contribution in [0.1, 0.15) is 94.4 Å². The van der Waals surface area contributed by atoms with Crippen LogP contribution in [-0.2, 0) is 0 Å². The molecule has 24 heavy (non-hydrogen) atoms. The van der Waals surface area contributed by atoms with E-state index in [4.69, 9.17) is 0 Å². The molecule has 0 bridgehead atoms. The van der Waals surface area contributed by atoms with Crippen molar-refractivity contribution in [3.05, 3.63) is 0 Å².